The molecule has 0 atom stereocenters. The van der Waals surface area contributed by atoms with E-state index in [4.69, 9.17) is 9.97 Å². The van der Waals surface area contributed by atoms with Crippen LogP contribution in [0.5, 0.6) is 0 Å². The van der Waals surface area contributed by atoms with Crippen molar-refractivity contribution < 1.29 is 0 Å². The molecule has 21 heavy (non-hydrogen) atoms. The zero-order valence-electron chi connectivity index (χ0n) is 14.5. The van der Waals surface area contributed by atoms with Gasteiger partial charge in [0, 0.05) is 31.1 Å². The van der Waals surface area contributed by atoms with Crippen LogP contribution in [0.15, 0.2) is 0 Å². The van der Waals surface area contributed by atoms with Crippen LogP contribution in [-0.2, 0) is 5.41 Å². The fourth-order valence-electron chi connectivity index (χ4n) is 2.56. The fraction of sp³-hybridized carbons (Fsp3) is 0.765. The Balaban J connectivity index is 2.42. The van der Waals surface area contributed by atoms with E-state index >= 15 is 0 Å². The lowest BCUT2D eigenvalue weighted by atomic mass is 9.95. The molecule has 0 saturated heterocycles. The molecule has 4 nitrogen and oxygen atoms in total. The van der Waals surface area contributed by atoms with Crippen LogP contribution < -0.4 is 10.2 Å². The van der Waals surface area contributed by atoms with Crippen molar-refractivity contribution in [1.82, 2.24) is 9.97 Å². The Morgan fingerprint density at radius 3 is 2.38 bits per heavy atom. The largest absolute Gasteiger partial charge is 0.373 e. The Hall–Kier alpha value is -1.32. The SMILES string of the molecule is CCCN(CC1CC1)c1nc(C(C)(C)C)nc(NC)c1C. The molecule has 1 aromatic rings. The zero-order valence-corrected chi connectivity index (χ0v) is 14.5. The van der Waals surface area contributed by atoms with E-state index in [9.17, 15) is 0 Å². The Morgan fingerprint density at radius 1 is 1.24 bits per heavy atom. The molecule has 0 radical (unpaired) electrons. The third-order valence-electron chi connectivity index (χ3n) is 4.00. The third-order valence-corrected chi connectivity index (χ3v) is 4.00. The molecular formula is C17H30N4. The Bertz CT molecular complexity index is 486. The van der Waals surface area contributed by atoms with Crippen molar-refractivity contribution in [2.45, 2.75) is 59.3 Å². The van der Waals surface area contributed by atoms with Crippen LogP contribution in [0.3, 0.4) is 0 Å². The van der Waals surface area contributed by atoms with E-state index in [1.165, 1.54) is 18.4 Å². The van der Waals surface area contributed by atoms with Crippen molar-refractivity contribution in [3.8, 4) is 0 Å². The van der Waals surface area contributed by atoms with Crippen LogP contribution in [-0.4, -0.2) is 30.1 Å². The number of nitrogens with zero attached hydrogens (tertiary/aromatic N) is 3. The summed E-state index contributed by atoms with van der Waals surface area (Å²) in [5.41, 5.74) is 1.13. The monoisotopic (exact) mass is 290 g/mol. The van der Waals surface area contributed by atoms with Crippen LogP contribution >= 0.6 is 0 Å². The quantitative estimate of drug-likeness (QED) is 0.866. The predicted molar refractivity (Wildman–Crippen MR) is 90.2 cm³/mol. The molecule has 0 spiro atoms. The second kappa shape index (κ2) is 6.20. The number of rotatable bonds is 6. The Labute approximate surface area is 129 Å². The minimum Gasteiger partial charge on any atom is -0.373 e. The molecule has 1 fully saturated rings. The van der Waals surface area contributed by atoms with Gasteiger partial charge in [-0.2, -0.15) is 0 Å². The summed E-state index contributed by atoms with van der Waals surface area (Å²) in [4.78, 5) is 12.1. The highest BCUT2D eigenvalue weighted by Gasteiger charge is 2.27. The molecule has 1 saturated carbocycles. The lowest BCUT2D eigenvalue weighted by molar-refractivity contribution is 0.543. The molecule has 1 N–H and O–H groups in total. The predicted octanol–water partition coefficient (Wildman–Crippen LogP) is 3.75. The summed E-state index contributed by atoms with van der Waals surface area (Å²) in [7, 11) is 1.94. The molecule has 1 aliphatic rings. The maximum atomic E-state index is 4.93. The number of aromatic nitrogens is 2. The van der Waals surface area contributed by atoms with Gasteiger partial charge in [0.05, 0.1) is 0 Å². The standard InChI is InChI=1S/C17H30N4/c1-7-10-21(11-13-8-9-13)15-12(2)14(18-6)19-16(20-15)17(3,4)5/h13H,7-11H2,1-6H3,(H,18,19,20). The highest BCUT2D eigenvalue weighted by atomic mass is 15.2. The first-order valence-electron chi connectivity index (χ1n) is 8.18. The van der Waals surface area contributed by atoms with Crippen LogP contribution in [0.4, 0.5) is 11.6 Å². The van der Waals surface area contributed by atoms with Crippen LogP contribution in [0.2, 0.25) is 0 Å². The number of hydrogen-bond acceptors (Lipinski definition) is 4. The summed E-state index contributed by atoms with van der Waals surface area (Å²) in [5, 5.41) is 3.24. The molecule has 4 heteroatoms. The van der Waals surface area contributed by atoms with Crippen LogP contribution in [0.1, 0.15) is 58.3 Å². The van der Waals surface area contributed by atoms with E-state index in [-0.39, 0.29) is 5.41 Å². The van der Waals surface area contributed by atoms with E-state index in [0.717, 1.165) is 42.9 Å². The molecule has 0 amide bonds. The Kier molecular flexibility index (Phi) is 4.74. The first-order chi connectivity index (χ1) is 9.86. The average Bonchev–Trinajstić information content (AvgIpc) is 3.21. The van der Waals surface area contributed by atoms with E-state index in [1.807, 2.05) is 7.05 Å². The summed E-state index contributed by atoms with van der Waals surface area (Å²) < 4.78 is 0. The first kappa shape index (κ1) is 16.1. The molecule has 0 aliphatic heterocycles. The summed E-state index contributed by atoms with van der Waals surface area (Å²) >= 11 is 0. The maximum Gasteiger partial charge on any atom is 0.138 e. The van der Waals surface area contributed by atoms with Gasteiger partial charge < -0.3 is 10.2 Å². The summed E-state index contributed by atoms with van der Waals surface area (Å²) in [6.07, 6.45) is 3.89. The van der Waals surface area contributed by atoms with Gasteiger partial charge in [0.1, 0.15) is 17.5 Å². The average molecular weight is 290 g/mol. The highest BCUT2D eigenvalue weighted by molar-refractivity contribution is 5.59. The van der Waals surface area contributed by atoms with Gasteiger partial charge in [-0.05, 0) is 32.1 Å². The van der Waals surface area contributed by atoms with E-state index in [2.05, 4.69) is 44.8 Å². The minimum atomic E-state index is -0.0362. The Morgan fingerprint density at radius 2 is 1.90 bits per heavy atom. The number of hydrogen-bond donors (Lipinski definition) is 1. The number of anilines is 2. The van der Waals surface area contributed by atoms with Crippen molar-refractivity contribution in [3.63, 3.8) is 0 Å². The summed E-state index contributed by atoms with van der Waals surface area (Å²) in [5.74, 6) is 3.86. The lowest BCUT2D eigenvalue weighted by Crippen LogP contribution is -2.30. The van der Waals surface area contributed by atoms with Crippen molar-refractivity contribution >= 4 is 11.6 Å². The second-order valence-electron chi connectivity index (χ2n) is 7.23. The van der Waals surface area contributed by atoms with Crippen molar-refractivity contribution in [1.29, 1.82) is 0 Å². The molecule has 1 aliphatic carbocycles. The summed E-state index contributed by atoms with van der Waals surface area (Å²) in [6.45, 7) is 13.1. The van der Waals surface area contributed by atoms with Crippen molar-refractivity contribution in [3.05, 3.63) is 11.4 Å². The van der Waals surface area contributed by atoms with Crippen molar-refractivity contribution in [2.24, 2.45) is 5.92 Å². The molecule has 0 aromatic carbocycles. The molecule has 1 aromatic heterocycles. The maximum absolute atomic E-state index is 4.93. The third kappa shape index (κ3) is 3.86. The molecule has 0 unspecified atom stereocenters. The van der Waals surface area contributed by atoms with E-state index in [1.54, 1.807) is 0 Å². The van der Waals surface area contributed by atoms with Gasteiger partial charge in [0.25, 0.3) is 0 Å². The van der Waals surface area contributed by atoms with E-state index < -0.39 is 0 Å². The lowest BCUT2D eigenvalue weighted by Gasteiger charge is -2.28. The normalized spacial score (nSPS) is 15.1. The molecule has 0 bridgehead atoms. The van der Waals surface area contributed by atoms with Gasteiger partial charge in [-0.25, -0.2) is 9.97 Å². The zero-order chi connectivity index (χ0) is 15.6. The van der Waals surface area contributed by atoms with Gasteiger partial charge in [-0.1, -0.05) is 27.7 Å². The smallest absolute Gasteiger partial charge is 0.138 e. The molecule has 118 valence electrons. The van der Waals surface area contributed by atoms with Gasteiger partial charge >= 0.3 is 0 Å². The van der Waals surface area contributed by atoms with Gasteiger partial charge in [0.15, 0.2) is 0 Å². The second-order valence-corrected chi connectivity index (χ2v) is 7.23. The molecule has 2 rings (SSSR count). The highest BCUT2D eigenvalue weighted by Crippen LogP contribution is 2.34. The molecule has 1 heterocycles. The van der Waals surface area contributed by atoms with Gasteiger partial charge in [0.2, 0.25) is 0 Å². The summed E-state index contributed by atoms with van der Waals surface area (Å²) in [6, 6.07) is 0. The number of nitrogens with one attached hydrogen (secondary N) is 1. The van der Waals surface area contributed by atoms with Crippen LogP contribution in [0, 0.1) is 12.8 Å². The molecular weight excluding hydrogens is 260 g/mol. The topological polar surface area (TPSA) is 41.1 Å². The van der Waals surface area contributed by atoms with Gasteiger partial charge in [-0.3, -0.25) is 0 Å². The van der Waals surface area contributed by atoms with Crippen LogP contribution in [0.25, 0.3) is 0 Å². The van der Waals surface area contributed by atoms with E-state index in [0.29, 0.717) is 0 Å². The fourth-order valence-corrected chi connectivity index (χ4v) is 2.56. The van der Waals surface area contributed by atoms with Crippen molar-refractivity contribution in [2.75, 3.05) is 30.4 Å². The van der Waals surface area contributed by atoms with Gasteiger partial charge in [-0.15, -0.1) is 0 Å². The first-order valence-corrected chi connectivity index (χ1v) is 8.18. The minimum absolute atomic E-state index is 0.0362.